The van der Waals surface area contributed by atoms with E-state index in [4.69, 9.17) is 9.26 Å². The van der Waals surface area contributed by atoms with Crippen LogP contribution in [0, 0.1) is 11.6 Å². The first-order valence-corrected chi connectivity index (χ1v) is 8.76. The van der Waals surface area contributed by atoms with Gasteiger partial charge in [0.1, 0.15) is 5.75 Å². The maximum Gasteiger partial charge on any atom is 0.231 e. The monoisotopic (exact) mass is 371 g/mol. The van der Waals surface area contributed by atoms with Gasteiger partial charge in [-0.15, -0.1) is 0 Å². The topological polar surface area (TPSA) is 51.4 Å². The van der Waals surface area contributed by atoms with Crippen LogP contribution in [0.5, 0.6) is 5.75 Å². The van der Waals surface area contributed by atoms with Crippen LogP contribution in [-0.2, 0) is 6.54 Å². The number of hydrogen-bond acceptors (Lipinski definition) is 5. The summed E-state index contributed by atoms with van der Waals surface area (Å²) >= 11 is 0. The minimum atomic E-state index is -0.824. The van der Waals surface area contributed by atoms with E-state index in [2.05, 4.69) is 15.0 Å². The highest BCUT2D eigenvalue weighted by Gasteiger charge is 2.28. The van der Waals surface area contributed by atoms with Crippen molar-refractivity contribution in [3.8, 4) is 17.1 Å². The first-order chi connectivity index (χ1) is 13.1. The molecular weight excluding hydrogens is 352 g/mol. The van der Waals surface area contributed by atoms with Gasteiger partial charge >= 0.3 is 0 Å². The van der Waals surface area contributed by atoms with Crippen LogP contribution < -0.4 is 4.74 Å². The molecule has 0 aliphatic carbocycles. The second kappa shape index (κ2) is 7.44. The Balaban J connectivity index is 1.41. The number of nitrogens with zero attached hydrogens (tertiary/aromatic N) is 3. The van der Waals surface area contributed by atoms with E-state index < -0.39 is 11.6 Å². The Kier molecular flexibility index (Phi) is 4.85. The number of hydrogen-bond donors (Lipinski definition) is 0. The lowest BCUT2D eigenvalue weighted by Crippen LogP contribution is -2.20. The predicted molar refractivity (Wildman–Crippen MR) is 95.3 cm³/mol. The van der Waals surface area contributed by atoms with Crippen molar-refractivity contribution in [2.24, 2.45) is 0 Å². The molecule has 2 heterocycles. The number of likely N-dealkylation sites (tertiary alicyclic amines) is 1. The maximum atomic E-state index is 13.4. The fourth-order valence-corrected chi connectivity index (χ4v) is 3.33. The lowest BCUT2D eigenvalue weighted by atomic mass is 10.1. The van der Waals surface area contributed by atoms with Crippen LogP contribution in [0.25, 0.3) is 11.4 Å². The summed E-state index contributed by atoms with van der Waals surface area (Å²) in [5.41, 5.74) is 1.61. The van der Waals surface area contributed by atoms with Gasteiger partial charge in [-0.3, -0.25) is 4.90 Å². The molecule has 2 aromatic carbocycles. The fraction of sp³-hybridized carbons (Fsp3) is 0.300. The molecule has 1 saturated heterocycles. The van der Waals surface area contributed by atoms with E-state index in [1.165, 1.54) is 6.07 Å². The van der Waals surface area contributed by atoms with Crippen molar-refractivity contribution in [3.05, 3.63) is 65.6 Å². The van der Waals surface area contributed by atoms with Gasteiger partial charge in [0.2, 0.25) is 11.7 Å². The van der Waals surface area contributed by atoms with Gasteiger partial charge in [-0.25, -0.2) is 8.78 Å². The third kappa shape index (κ3) is 3.83. The number of aromatic nitrogens is 2. The Morgan fingerprint density at radius 1 is 1.15 bits per heavy atom. The fourth-order valence-electron chi connectivity index (χ4n) is 3.33. The predicted octanol–water partition coefficient (Wildman–Crippen LogP) is 4.01. The van der Waals surface area contributed by atoms with E-state index in [9.17, 15) is 8.78 Å². The third-order valence-corrected chi connectivity index (χ3v) is 4.80. The van der Waals surface area contributed by atoms with Crippen LogP contribution in [0.1, 0.15) is 23.8 Å². The minimum absolute atomic E-state index is 0.134. The zero-order valence-corrected chi connectivity index (χ0v) is 14.9. The molecule has 1 aliphatic rings. The molecule has 1 atom stereocenters. The average molecular weight is 371 g/mol. The van der Waals surface area contributed by atoms with Crippen LogP contribution in [0.2, 0.25) is 0 Å². The average Bonchev–Trinajstić information content (AvgIpc) is 3.34. The Labute approximate surface area is 155 Å². The van der Waals surface area contributed by atoms with Crippen LogP contribution in [0.3, 0.4) is 0 Å². The summed E-state index contributed by atoms with van der Waals surface area (Å²) in [7, 11) is 1.62. The number of benzene rings is 2. The number of rotatable bonds is 5. The molecule has 0 saturated carbocycles. The van der Waals surface area contributed by atoms with Gasteiger partial charge in [0.15, 0.2) is 11.6 Å². The molecule has 0 bridgehead atoms. The van der Waals surface area contributed by atoms with Crippen LogP contribution >= 0.6 is 0 Å². The highest BCUT2D eigenvalue weighted by atomic mass is 19.2. The van der Waals surface area contributed by atoms with E-state index in [1.807, 2.05) is 24.3 Å². The van der Waals surface area contributed by atoms with Crippen molar-refractivity contribution >= 4 is 0 Å². The van der Waals surface area contributed by atoms with E-state index in [-0.39, 0.29) is 5.92 Å². The summed E-state index contributed by atoms with van der Waals surface area (Å²) in [5.74, 6) is 0.417. The lowest BCUT2D eigenvalue weighted by Gasteiger charge is -2.15. The SMILES string of the molecule is COc1ccc(-c2noc([C@H]3CCN(Cc4ccc(F)c(F)c4)C3)n2)cc1. The summed E-state index contributed by atoms with van der Waals surface area (Å²) in [4.78, 5) is 6.71. The second-order valence-electron chi connectivity index (χ2n) is 6.65. The quantitative estimate of drug-likeness (QED) is 0.678. The van der Waals surface area contributed by atoms with Crippen molar-refractivity contribution < 1.29 is 18.0 Å². The molecule has 0 N–H and O–H groups in total. The molecule has 140 valence electrons. The van der Waals surface area contributed by atoms with Gasteiger partial charge in [0.25, 0.3) is 0 Å². The normalized spacial score (nSPS) is 17.4. The second-order valence-corrected chi connectivity index (χ2v) is 6.65. The third-order valence-electron chi connectivity index (χ3n) is 4.80. The van der Waals surface area contributed by atoms with E-state index >= 15 is 0 Å². The molecule has 0 spiro atoms. The largest absolute Gasteiger partial charge is 0.497 e. The maximum absolute atomic E-state index is 13.4. The molecule has 27 heavy (non-hydrogen) atoms. The van der Waals surface area contributed by atoms with Gasteiger partial charge in [-0.1, -0.05) is 11.2 Å². The summed E-state index contributed by atoms with van der Waals surface area (Å²) < 4.78 is 37.0. The smallest absolute Gasteiger partial charge is 0.231 e. The summed E-state index contributed by atoms with van der Waals surface area (Å²) in [6.07, 6.45) is 0.883. The highest BCUT2D eigenvalue weighted by molar-refractivity contribution is 5.55. The summed E-state index contributed by atoms with van der Waals surface area (Å²) in [5, 5.41) is 4.08. The molecule has 1 aliphatic heterocycles. The minimum Gasteiger partial charge on any atom is -0.497 e. The molecule has 1 aromatic heterocycles. The Morgan fingerprint density at radius 3 is 2.70 bits per heavy atom. The lowest BCUT2D eigenvalue weighted by molar-refractivity contribution is 0.308. The number of ether oxygens (including phenoxy) is 1. The number of methoxy groups -OCH3 is 1. The van der Waals surface area contributed by atoms with Gasteiger partial charge in [-0.2, -0.15) is 4.98 Å². The van der Waals surface area contributed by atoms with E-state index in [1.54, 1.807) is 13.2 Å². The summed E-state index contributed by atoms with van der Waals surface area (Å²) in [6, 6.07) is 11.5. The van der Waals surface area contributed by atoms with Crippen molar-refractivity contribution in [3.63, 3.8) is 0 Å². The van der Waals surface area contributed by atoms with Crippen molar-refractivity contribution in [1.82, 2.24) is 15.0 Å². The summed E-state index contributed by atoms with van der Waals surface area (Å²) in [6.45, 7) is 2.14. The molecule has 7 heteroatoms. The molecular formula is C20H19F2N3O2. The number of halogens is 2. The molecule has 4 rings (SSSR count). The van der Waals surface area contributed by atoms with Gasteiger partial charge in [0.05, 0.1) is 13.0 Å². The Morgan fingerprint density at radius 2 is 1.96 bits per heavy atom. The zero-order chi connectivity index (χ0) is 18.8. The first-order valence-electron chi connectivity index (χ1n) is 8.76. The van der Waals surface area contributed by atoms with Crippen LogP contribution in [0.15, 0.2) is 47.0 Å². The van der Waals surface area contributed by atoms with Gasteiger partial charge in [0, 0.05) is 18.7 Å². The van der Waals surface area contributed by atoms with Crippen LogP contribution in [-0.4, -0.2) is 35.2 Å². The standard InChI is InChI=1S/C20H19F2N3O2/c1-26-16-5-3-14(4-6-16)19-23-20(27-24-19)15-8-9-25(12-15)11-13-2-7-17(21)18(22)10-13/h2-7,10,15H,8-9,11-12H2,1H3/t15-/m0/s1. The first kappa shape index (κ1) is 17.6. The van der Waals surface area contributed by atoms with E-state index in [0.717, 1.165) is 42.5 Å². The molecule has 1 fully saturated rings. The van der Waals surface area contributed by atoms with Crippen molar-refractivity contribution in [2.45, 2.75) is 18.9 Å². The zero-order valence-electron chi connectivity index (χ0n) is 14.9. The molecule has 0 amide bonds. The molecule has 5 nitrogen and oxygen atoms in total. The van der Waals surface area contributed by atoms with Gasteiger partial charge in [-0.05, 0) is 54.9 Å². The molecule has 3 aromatic rings. The molecule has 0 unspecified atom stereocenters. The van der Waals surface area contributed by atoms with Crippen molar-refractivity contribution in [2.75, 3.05) is 20.2 Å². The van der Waals surface area contributed by atoms with Gasteiger partial charge < -0.3 is 9.26 Å². The van der Waals surface area contributed by atoms with Crippen molar-refractivity contribution in [1.29, 1.82) is 0 Å². The van der Waals surface area contributed by atoms with Crippen LogP contribution in [0.4, 0.5) is 8.78 Å². The molecule has 0 radical (unpaired) electrons. The Bertz CT molecular complexity index is 927. The highest BCUT2D eigenvalue weighted by Crippen LogP contribution is 2.29. The Hall–Kier alpha value is -2.80. The van der Waals surface area contributed by atoms with E-state index in [0.29, 0.717) is 18.3 Å².